The zero-order valence-corrected chi connectivity index (χ0v) is 79.0. The lowest BCUT2D eigenvalue weighted by atomic mass is 9.70. The molecule has 6 heterocycles. The Morgan fingerprint density at radius 1 is 0.177 bits per heavy atom. The largest absolute Gasteiger partial charge is 0.456 e. The lowest BCUT2D eigenvalue weighted by Crippen LogP contribution is -2.26. The van der Waals surface area contributed by atoms with E-state index in [1.54, 1.807) is 0 Å². The number of para-hydroxylation sites is 5. The molecule has 0 amide bonds. The molecular weight excluding hydrogens is 1790 g/mol. The molecule has 11 nitrogen and oxygen atoms in total. The lowest BCUT2D eigenvalue weighted by molar-refractivity contribution is 0.652. The second kappa shape index (κ2) is 31.8. The summed E-state index contributed by atoms with van der Waals surface area (Å²) in [4.78, 5) is 35.5. The Kier molecular flexibility index (Phi) is 17.8. The van der Waals surface area contributed by atoms with Crippen LogP contribution in [-0.2, 0) is 16.2 Å². The molecule has 682 valence electrons. The molecule has 21 aromatic carbocycles. The molecule has 27 aromatic rings. The fourth-order valence-electron chi connectivity index (χ4n) is 25.6. The predicted octanol–water partition coefficient (Wildman–Crippen LogP) is 33.2. The van der Waals surface area contributed by atoms with Gasteiger partial charge < -0.3 is 13.3 Å². The van der Waals surface area contributed by atoms with Gasteiger partial charge in [-0.15, -0.1) is 0 Å². The third-order valence-electron chi connectivity index (χ3n) is 31.5. The number of nitrogens with zero attached hydrogens (tertiary/aromatic N) is 8. The molecule has 0 bridgehead atoms. The van der Waals surface area contributed by atoms with Crippen molar-refractivity contribution in [2.45, 2.75) is 16.2 Å². The van der Waals surface area contributed by atoms with Crippen LogP contribution in [0, 0.1) is 0 Å². The normalized spacial score (nSPS) is 14.8. The second-order valence-corrected chi connectivity index (χ2v) is 38.9. The van der Waals surface area contributed by atoms with Gasteiger partial charge in [0, 0.05) is 88.1 Å². The summed E-state index contributed by atoms with van der Waals surface area (Å²) in [5.41, 5.74) is 43.8. The van der Waals surface area contributed by atoms with Crippen LogP contribution in [-0.4, -0.2) is 39.5 Å². The molecule has 6 aromatic heterocycles. The van der Waals surface area contributed by atoms with Crippen molar-refractivity contribution in [1.29, 1.82) is 0 Å². The summed E-state index contributed by atoms with van der Waals surface area (Å²) in [5.74, 6) is 4.78. The van der Waals surface area contributed by atoms with Crippen molar-refractivity contribution in [2.75, 3.05) is 0 Å². The minimum Gasteiger partial charge on any atom is -0.456 e. The first-order valence-electron chi connectivity index (χ1n) is 50.0. The quantitative estimate of drug-likeness (QED) is 0.145. The van der Waals surface area contributed by atoms with Crippen molar-refractivity contribution in [3.05, 3.63) is 552 Å². The van der Waals surface area contributed by atoms with Crippen LogP contribution in [0.1, 0.15) is 66.8 Å². The Labute approximate surface area is 844 Å². The number of fused-ring (bicyclic) bond motifs is 42. The molecule has 147 heavy (non-hydrogen) atoms. The van der Waals surface area contributed by atoms with Crippen LogP contribution in [0.3, 0.4) is 0 Å². The van der Waals surface area contributed by atoms with Gasteiger partial charge in [0.1, 0.15) is 39.3 Å². The molecule has 0 saturated carbocycles. The van der Waals surface area contributed by atoms with Gasteiger partial charge in [-0.1, -0.05) is 400 Å². The summed E-state index contributed by atoms with van der Waals surface area (Å²) < 4.78 is 22.6. The van der Waals surface area contributed by atoms with Gasteiger partial charge in [0.25, 0.3) is 0 Å². The van der Waals surface area contributed by atoms with Gasteiger partial charge in [-0.25, -0.2) is 34.9 Å². The highest BCUT2D eigenvalue weighted by molar-refractivity contribution is 6.15. The summed E-state index contributed by atoms with van der Waals surface area (Å²) in [6.07, 6.45) is 0. The first kappa shape index (κ1) is 82.3. The van der Waals surface area contributed by atoms with E-state index >= 15 is 0 Å². The molecule has 0 fully saturated rings. The van der Waals surface area contributed by atoms with Crippen molar-refractivity contribution in [2.24, 2.45) is 0 Å². The maximum Gasteiger partial charge on any atom is 0.164 e. The topological polar surface area (TPSA) is 135 Å². The fraction of sp³-hybridized carbons (Fsp3) is 0.0221. The molecular formula is C136H80N8O3. The number of furan rings is 3. The summed E-state index contributed by atoms with van der Waals surface area (Å²) in [5, 5.41) is 6.68. The van der Waals surface area contributed by atoms with Crippen molar-refractivity contribution in [3.63, 3.8) is 0 Å². The summed E-state index contributed by atoms with van der Waals surface area (Å²) in [7, 11) is 0. The smallest absolute Gasteiger partial charge is 0.164 e. The van der Waals surface area contributed by atoms with E-state index in [-0.39, 0.29) is 0 Å². The molecule has 6 aliphatic rings. The molecule has 2 atom stereocenters. The van der Waals surface area contributed by atoms with E-state index in [9.17, 15) is 0 Å². The Morgan fingerprint density at radius 2 is 0.524 bits per heavy atom. The fourth-order valence-corrected chi connectivity index (χ4v) is 25.6. The summed E-state index contributed by atoms with van der Waals surface area (Å²) in [6.45, 7) is 0. The third kappa shape index (κ3) is 11.8. The van der Waals surface area contributed by atoms with Gasteiger partial charge in [-0.3, -0.25) is 4.57 Å². The first-order valence-corrected chi connectivity index (χ1v) is 50.0. The van der Waals surface area contributed by atoms with Gasteiger partial charge in [0.15, 0.2) is 34.9 Å². The molecule has 0 radical (unpaired) electrons. The SMILES string of the molecule is c1ccc(-c2nc(-c3ccccc3)nc(-c3ccc4oc5c6c(ccc5c4c3)-c3ccccc3C63c4ccccc4-c4ccccc43)n2)cc1.c1ccc(-c2nc(-c3ccccc3)nc(-c3cccc4c3-c3ccccc3C43c4ccccc4-c4ccc5c(oc6ccccc65)c43)n2)cc1.c1ccc(-n2c(-c3ccc4c(c3)C3(c5ccccc5-4)c4ccccc4-c4cc5c(cc43)oc3ccccc35)nc3ccccc32)cc1. The Morgan fingerprint density at radius 3 is 1.05 bits per heavy atom. The molecule has 33 rings (SSSR count). The molecule has 0 aliphatic heterocycles. The van der Waals surface area contributed by atoms with E-state index < -0.39 is 16.2 Å². The molecule has 11 heteroatoms. The lowest BCUT2D eigenvalue weighted by Gasteiger charge is -2.30. The van der Waals surface area contributed by atoms with Gasteiger partial charge in [0.2, 0.25) is 0 Å². The zero-order valence-electron chi connectivity index (χ0n) is 79.0. The number of benzene rings is 21. The van der Waals surface area contributed by atoms with E-state index in [4.69, 9.17) is 48.1 Å². The Balaban J connectivity index is 0.0000001000. The summed E-state index contributed by atoms with van der Waals surface area (Å²) in [6, 6.07) is 172. The minimum atomic E-state index is -0.598. The zero-order chi connectivity index (χ0) is 96.3. The monoisotopic (exact) mass is 1870 g/mol. The number of hydrogen-bond donors (Lipinski definition) is 0. The predicted molar refractivity (Wildman–Crippen MR) is 590 cm³/mol. The number of rotatable bonds is 8. The highest BCUT2D eigenvalue weighted by Gasteiger charge is 2.57. The van der Waals surface area contributed by atoms with Crippen molar-refractivity contribution >= 4 is 76.8 Å². The van der Waals surface area contributed by atoms with Crippen LogP contribution in [0.4, 0.5) is 0 Å². The van der Waals surface area contributed by atoms with E-state index in [0.29, 0.717) is 34.9 Å². The first-order chi connectivity index (χ1) is 72.9. The number of imidazole rings is 1. The molecule has 0 saturated heterocycles. The second-order valence-electron chi connectivity index (χ2n) is 38.9. The molecule has 6 aliphatic carbocycles. The van der Waals surface area contributed by atoms with Gasteiger partial charge in [-0.2, -0.15) is 0 Å². The highest BCUT2D eigenvalue weighted by atomic mass is 16.3. The minimum absolute atomic E-state index is 0.487. The molecule has 2 unspecified atom stereocenters. The van der Waals surface area contributed by atoms with Crippen LogP contribution in [0.2, 0.25) is 0 Å². The van der Waals surface area contributed by atoms with Crippen LogP contribution in [0.5, 0.6) is 0 Å². The maximum absolute atomic E-state index is 6.97. The maximum atomic E-state index is 6.97. The molecule has 0 N–H and O–H groups in total. The standard InChI is InChI=1S/2C46H27N3O.C44H26N2O/c1-3-14-28(15-4-1)43-47-44(29-16-5-2-6-17-29)49-45(48-43)35-21-13-24-38-40(35)34-20-8-11-23-37(34)46(38)36-22-10-7-18-30(36)32-26-27-33-31-19-9-12-25-39(31)50-42(33)41(32)46;1-3-13-28(14-4-1)43-47-44(29-15-5-2-6-16-29)49-45(48-43)30-23-26-40-36(27-30)35-25-24-34-33-19-9-12-22-39(33)46(41(34)42(35)50-40)37-20-10-7-17-31(37)32-18-8-11-21-38(32)46;1-2-12-28(13-3-1)46-40-20-10-9-19-39(40)45-43(46)27-22-23-31-29-14-4-7-17-35(29)44(37(31)24-27)36-18-8-5-15-30(36)33-25-34-32-16-6-11-21-41(32)47-42(34)26-38(33)44/h2*1-27H;1-26H. The Hall–Kier alpha value is -19.5. The average Bonchev–Trinajstić information content (AvgIpc) is 1.50. The van der Waals surface area contributed by atoms with Gasteiger partial charge in [-0.05, 0) is 207 Å². The number of aromatic nitrogens is 8. The highest BCUT2D eigenvalue weighted by Crippen LogP contribution is 2.69. The number of hydrogen-bond acceptors (Lipinski definition) is 10. The van der Waals surface area contributed by atoms with E-state index in [1.807, 2.05) is 109 Å². The van der Waals surface area contributed by atoms with E-state index in [1.165, 1.54) is 128 Å². The van der Waals surface area contributed by atoms with Crippen LogP contribution >= 0.6 is 0 Å². The third-order valence-corrected chi connectivity index (χ3v) is 31.5. The van der Waals surface area contributed by atoms with E-state index in [0.717, 1.165) is 133 Å². The van der Waals surface area contributed by atoms with Crippen molar-refractivity contribution in [1.82, 2.24) is 39.5 Å². The Bertz CT molecular complexity index is 10100. The van der Waals surface area contributed by atoms with Crippen LogP contribution in [0.15, 0.2) is 499 Å². The van der Waals surface area contributed by atoms with Crippen molar-refractivity contribution < 1.29 is 13.3 Å². The van der Waals surface area contributed by atoms with Crippen LogP contribution < -0.4 is 0 Å². The molecule has 3 spiro atoms. The van der Waals surface area contributed by atoms with Gasteiger partial charge in [0.05, 0.1) is 27.3 Å². The van der Waals surface area contributed by atoms with E-state index in [2.05, 4.69) is 381 Å². The van der Waals surface area contributed by atoms with Crippen LogP contribution in [0.25, 0.3) is 229 Å². The average molecular weight is 1870 g/mol. The van der Waals surface area contributed by atoms with Gasteiger partial charge >= 0.3 is 0 Å². The summed E-state index contributed by atoms with van der Waals surface area (Å²) >= 11 is 0. The van der Waals surface area contributed by atoms with Crippen molar-refractivity contribution in [3.8, 4) is 152 Å².